The summed E-state index contributed by atoms with van der Waals surface area (Å²) in [6.07, 6.45) is 1.67. The number of aromatic nitrogens is 2. The normalized spacial score (nSPS) is 10.1. The maximum atomic E-state index is 9.23. The van der Waals surface area contributed by atoms with Crippen LogP contribution in [0.3, 0.4) is 0 Å². The van der Waals surface area contributed by atoms with Gasteiger partial charge in [-0.05, 0) is 6.07 Å². The lowest BCUT2D eigenvalue weighted by molar-refractivity contribution is 1.21. The summed E-state index contributed by atoms with van der Waals surface area (Å²) in [6, 6.07) is 26.8. The Kier molecular flexibility index (Phi) is 4.61. The van der Waals surface area contributed by atoms with E-state index in [2.05, 4.69) is 15.9 Å². The molecule has 130 valence electrons. The van der Waals surface area contributed by atoms with E-state index in [1.54, 1.807) is 24.4 Å². The van der Waals surface area contributed by atoms with E-state index in [9.17, 15) is 5.26 Å². The summed E-state index contributed by atoms with van der Waals surface area (Å²) < 4.78 is 0. The minimum Gasteiger partial charge on any atom is -0.252 e. The van der Waals surface area contributed by atoms with E-state index < -0.39 is 0 Å². The topological polar surface area (TPSA) is 53.9 Å². The molecule has 0 amide bonds. The number of hydrogen-bond donors (Lipinski definition) is 0. The van der Waals surface area contributed by atoms with Gasteiger partial charge in [0.15, 0.2) is 5.69 Å². The van der Waals surface area contributed by atoms with Crippen molar-refractivity contribution in [1.82, 2.24) is 9.97 Å². The van der Waals surface area contributed by atoms with Gasteiger partial charge < -0.3 is 0 Å². The van der Waals surface area contributed by atoms with Gasteiger partial charge in [-0.15, -0.1) is 0 Å². The maximum Gasteiger partial charge on any atom is 0.196 e. The molecule has 0 aliphatic carbocycles. The molecule has 0 aliphatic rings. The molecule has 28 heavy (non-hydrogen) atoms. The molecule has 4 heteroatoms. The minimum absolute atomic E-state index is 0.444. The van der Waals surface area contributed by atoms with E-state index in [0.717, 1.165) is 22.5 Å². The van der Waals surface area contributed by atoms with E-state index in [4.69, 9.17) is 11.6 Å². The number of rotatable bonds is 3. The fourth-order valence-corrected chi connectivity index (χ4v) is 3.03. The van der Waals surface area contributed by atoms with Crippen molar-refractivity contribution in [3.05, 3.63) is 102 Å². The molecule has 0 radical (unpaired) electrons. The number of benzene rings is 3. The van der Waals surface area contributed by atoms with Crippen LogP contribution >= 0.6 is 0 Å². The van der Waals surface area contributed by atoms with Gasteiger partial charge in [-0.25, -0.2) is 9.83 Å². The average molecular weight is 358 g/mol. The molecule has 0 spiro atoms. The van der Waals surface area contributed by atoms with Crippen LogP contribution in [0.1, 0.15) is 5.56 Å². The lowest BCUT2D eigenvalue weighted by atomic mass is 10.0. The fraction of sp³-hybridized carbons (Fsp3) is 0. The zero-order valence-corrected chi connectivity index (χ0v) is 14.9. The molecule has 0 fully saturated rings. The van der Waals surface area contributed by atoms with Crippen molar-refractivity contribution < 1.29 is 0 Å². The Morgan fingerprint density at radius 3 is 2.07 bits per heavy atom. The third kappa shape index (κ3) is 3.23. The third-order valence-corrected chi connectivity index (χ3v) is 4.39. The van der Waals surface area contributed by atoms with Gasteiger partial charge in [0.25, 0.3) is 0 Å². The summed E-state index contributed by atoms with van der Waals surface area (Å²) in [6.45, 7) is 7.45. The Labute approximate surface area is 163 Å². The van der Waals surface area contributed by atoms with Gasteiger partial charge in [-0.3, -0.25) is 4.98 Å². The standard InChI is InChI=1S/C24H14N4/c1-26-21-13-12-17(15-25)14-20(21)22-16-27-23(18-8-4-2-5-9-18)24(28-22)19-10-6-3-7-11-19/h2-14,16H. The molecule has 0 atom stereocenters. The van der Waals surface area contributed by atoms with Crippen LogP contribution in [0.15, 0.2) is 85.1 Å². The molecule has 0 unspecified atom stereocenters. The number of nitriles is 1. The SMILES string of the molecule is [C-]#[N+]c1ccc(C#N)cc1-c1cnc(-c2ccccc2)c(-c2ccccc2)n1. The van der Waals surface area contributed by atoms with Crippen molar-refractivity contribution >= 4 is 5.69 Å². The molecule has 0 bridgehead atoms. The maximum absolute atomic E-state index is 9.23. The van der Waals surface area contributed by atoms with Crippen LogP contribution in [0.4, 0.5) is 5.69 Å². The van der Waals surface area contributed by atoms with Gasteiger partial charge in [-0.2, -0.15) is 5.26 Å². The summed E-state index contributed by atoms with van der Waals surface area (Å²) in [5.74, 6) is 0. The van der Waals surface area contributed by atoms with E-state index in [-0.39, 0.29) is 0 Å². The first-order valence-corrected chi connectivity index (χ1v) is 8.70. The second kappa shape index (κ2) is 7.53. The summed E-state index contributed by atoms with van der Waals surface area (Å²) in [5.41, 5.74) is 5.53. The van der Waals surface area contributed by atoms with Gasteiger partial charge in [0.1, 0.15) is 0 Å². The summed E-state index contributed by atoms with van der Waals surface area (Å²) in [4.78, 5) is 13.1. The van der Waals surface area contributed by atoms with E-state index in [1.807, 2.05) is 60.7 Å². The highest BCUT2D eigenvalue weighted by Crippen LogP contribution is 2.34. The molecule has 4 rings (SSSR count). The lowest BCUT2D eigenvalue weighted by Gasteiger charge is -2.12. The van der Waals surface area contributed by atoms with Crippen LogP contribution in [-0.4, -0.2) is 9.97 Å². The van der Waals surface area contributed by atoms with Gasteiger partial charge >= 0.3 is 0 Å². The molecular formula is C24H14N4. The first-order chi connectivity index (χ1) is 13.8. The molecule has 4 nitrogen and oxygen atoms in total. The molecule has 0 saturated carbocycles. The van der Waals surface area contributed by atoms with E-state index in [0.29, 0.717) is 22.5 Å². The van der Waals surface area contributed by atoms with E-state index in [1.165, 1.54) is 0 Å². The number of hydrogen-bond acceptors (Lipinski definition) is 3. The average Bonchev–Trinajstić information content (AvgIpc) is 2.79. The first kappa shape index (κ1) is 17.1. The van der Waals surface area contributed by atoms with Crippen LogP contribution in [0, 0.1) is 17.9 Å². The van der Waals surface area contributed by atoms with Crippen molar-refractivity contribution in [2.24, 2.45) is 0 Å². The smallest absolute Gasteiger partial charge is 0.196 e. The Balaban J connectivity index is 1.96. The largest absolute Gasteiger partial charge is 0.252 e. The molecule has 0 saturated heterocycles. The fourth-order valence-electron chi connectivity index (χ4n) is 3.03. The zero-order valence-electron chi connectivity index (χ0n) is 14.9. The van der Waals surface area contributed by atoms with Crippen LogP contribution in [-0.2, 0) is 0 Å². The lowest BCUT2D eigenvalue weighted by Crippen LogP contribution is -1.96. The molecule has 0 N–H and O–H groups in total. The quantitative estimate of drug-likeness (QED) is 0.428. The second-order valence-electron chi connectivity index (χ2n) is 6.14. The molecule has 1 heterocycles. The van der Waals surface area contributed by atoms with Gasteiger partial charge in [-0.1, -0.05) is 72.8 Å². The van der Waals surface area contributed by atoms with Crippen molar-refractivity contribution in [3.63, 3.8) is 0 Å². The van der Waals surface area contributed by atoms with Gasteiger partial charge in [0.05, 0.1) is 41.5 Å². The van der Waals surface area contributed by atoms with Crippen molar-refractivity contribution in [3.8, 4) is 39.8 Å². The van der Waals surface area contributed by atoms with Gasteiger partial charge in [0.2, 0.25) is 0 Å². The Morgan fingerprint density at radius 1 is 0.821 bits per heavy atom. The van der Waals surface area contributed by atoms with Crippen LogP contribution in [0.2, 0.25) is 0 Å². The highest BCUT2D eigenvalue weighted by Gasteiger charge is 2.15. The Hall–Kier alpha value is -4.28. The second-order valence-corrected chi connectivity index (χ2v) is 6.14. The summed E-state index contributed by atoms with van der Waals surface area (Å²) in [7, 11) is 0. The van der Waals surface area contributed by atoms with Gasteiger partial charge in [0, 0.05) is 16.7 Å². The number of nitrogens with zero attached hydrogens (tertiary/aromatic N) is 4. The van der Waals surface area contributed by atoms with E-state index >= 15 is 0 Å². The third-order valence-electron chi connectivity index (χ3n) is 4.39. The van der Waals surface area contributed by atoms with Crippen molar-refractivity contribution in [2.75, 3.05) is 0 Å². The van der Waals surface area contributed by atoms with Crippen LogP contribution in [0.5, 0.6) is 0 Å². The molecule has 3 aromatic carbocycles. The van der Waals surface area contributed by atoms with Crippen LogP contribution in [0.25, 0.3) is 38.6 Å². The predicted molar refractivity (Wildman–Crippen MR) is 109 cm³/mol. The highest BCUT2D eigenvalue weighted by molar-refractivity contribution is 5.83. The van der Waals surface area contributed by atoms with Crippen molar-refractivity contribution in [2.45, 2.75) is 0 Å². The molecule has 1 aromatic heterocycles. The van der Waals surface area contributed by atoms with Crippen LogP contribution < -0.4 is 0 Å². The first-order valence-electron chi connectivity index (χ1n) is 8.70. The van der Waals surface area contributed by atoms with Crippen molar-refractivity contribution in [1.29, 1.82) is 5.26 Å². The zero-order chi connectivity index (χ0) is 19.3. The molecule has 0 aliphatic heterocycles. The monoisotopic (exact) mass is 358 g/mol. The molecular weight excluding hydrogens is 344 g/mol. The molecule has 4 aromatic rings. The summed E-state index contributed by atoms with van der Waals surface area (Å²) >= 11 is 0. The Bertz CT molecular complexity index is 1220. The Morgan fingerprint density at radius 2 is 1.46 bits per heavy atom. The summed E-state index contributed by atoms with van der Waals surface area (Å²) in [5, 5.41) is 9.23. The minimum atomic E-state index is 0.444. The predicted octanol–water partition coefficient (Wildman–Crippen LogP) is 5.90. The highest BCUT2D eigenvalue weighted by atomic mass is 14.8.